The molecule has 0 aliphatic carbocycles. The first-order valence-electron chi connectivity index (χ1n) is 6.18. The summed E-state index contributed by atoms with van der Waals surface area (Å²) in [4.78, 5) is 11.4. The molecule has 0 aromatic carbocycles. The Balaban J connectivity index is 3.61. The van der Waals surface area contributed by atoms with Gasteiger partial charge in [-0.25, -0.2) is 0 Å². The number of nitrogens with two attached hydrogens (primary N) is 1. The van der Waals surface area contributed by atoms with Crippen LogP contribution in [0.25, 0.3) is 0 Å². The Hall–Kier alpha value is -0.610. The van der Waals surface area contributed by atoms with Crippen LogP contribution in [0, 0.1) is 0 Å². The fourth-order valence-corrected chi connectivity index (χ4v) is 1.46. The maximum Gasteiger partial charge on any atom is 0.323 e. The van der Waals surface area contributed by atoms with Crippen LogP contribution in [0.3, 0.4) is 0 Å². The van der Waals surface area contributed by atoms with Crippen LogP contribution in [-0.2, 0) is 9.53 Å². The molecular formula is C12H25NO3. The van der Waals surface area contributed by atoms with Crippen molar-refractivity contribution in [2.75, 3.05) is 6.61 Å². The van der Waals surface area contributed by atoms with Gasteiger partial charge in [0.2, 0.25) is 0 Å². The summed E-state index contributed by atoms with van der Waals surface area (Å²) in [6.45, 7) is 3.97. The fraction of sp³-hybridized carbons (Fsp3) is 0.917. The molecule has 0 rings (SSSR count). The Morgan fingerprint density at radius 3 is 2.56 bits per heavy atom. The third kappa shape index (κ3) is 7.65. The summed E-state index contributed by atoms with van der Waals surface area (Å²) in [5.74, 6) is -0.406. The summed E-state index contributed by atoms with van der Waals surface area (Å²) in [5, 5.41) is 8.63. The van der Waals surface area contributed by atoms with Crippen LogP contribution in [0.5, 0.6) is 0 Å². The minimum atomic E-state index is -0.692. The largest absolute Gasteiger partial charge is 0.462 e. The molecule has 2 unspecified atom stereocenters. The number of carbonyl (C=O) groups excluding carboxylic acids is 1. The number of aliphatic hydroxyl groups excluding tert-OH is 1. The molecule has 0 heterocycles. The molecule has 2 atom stereocenters. The van der Waals surface area contributed by atoms with Gasteiger partial charge < -0.3 is 15.6 Å². The minimum Gasteiger partial charge on any atom is -0.462 e. The van der Waals surface area contributed by atoms with E-state index in [1.165, 1.54) is 19.3 Å². The predicted molar refractivity (Wildman–Crippen MR) is 64.0 cm³/mol. The normalized spacial score (nSPS) is 14.5. The van der Waals surface area contributed by atoms with Crippen molar-refractivity contribution in [2.45, 2.75) is 64.5 Å². The third-order valence-corrected chi connectivity index (χ3v) is 2.52. The molecule has 0 saturated carbocycles. The van der Waals surface area contributed by atoms with E-state index in [-0.39, 0.29) is 19.1 Å². The van der Waals surface area contributed by atoms with E-state index in [4.69, 9.17) is 15.6 Å². The summed E-state index contributed by atoms with van der Waals surface area (Å²) in [6.07, 6.45) is 5.77. The zero-order valence-electron chi connectivity index (χ0n) is 10.4. The molecule has 0 amide bonds. The maximum atomic E-state index is 11.4. The van der Waals surface area contributed by atoms with Gasteiger partial charge in [0.1, 0.15) is 6.04 Å². The Morgan fingerprint density at radius 1 is 1.31 bits per heavy atom. The van der Waals surface area contributed by atoms with Gasteiger partial charge >= 0.3 is 5.97 Å². The van der Waals surface area contributed by atoms with E-state index < -0.39 is 12.0 Å². The summed E-state index contributed by atoms with van der Waals surface area (Å²) in [5.41, 5.74) is 5.52. The highest BCUT2D eigenvalue weighted by molar-refractivity contribution is 5.75. The van der Waals surface area contributed by atoms with Crippen molar-refractivity contribution in [3.8, 4) is 0 Å². The maximum absolute atomic E-state index is 11.4. The first kappa shape index (κ1) is 15.4. The van der Waals surface area contributed by atoms with Crippen LogP contribution in [0.4, 0.5) is 0 Å². The average Bonchev–Trinajstić information content (AvgIpc) is 2.24. The molecule has 0 radical (unpaired) electrons. The summed E-state index contributed by atoms with van der Waals surface area (Å²) < 4.78 is 5.17. The molecule has 0 aliphatic heterocycles. The van der Waals surface area contributed by atoms with Crippen LogP contribution in [0.2, 0.25) is 0 Å². The van der Waals surface area contributed by atoms with Gasteiger partial charge in [0.05, 0.1) is 6.10 Å². The average molecular weight is 231 g/mol. The second-order valence-electron chi connectivity index (χ2n) is 4.22. The second kappa shape index (κ2) is 9.60. The summed E-state index contributed by atoms with van der Waals surface area (Å²) in [7, 11) is 0. The fourth-order valence-electron chi connectivity index (χ4n) is 1.46. The van der Waals surface area contributed by atoms with E-state index in [9.17, 15) is 4.79 Å². The first-order chi connectivity index (χ1) is 7.61. The lowest BCUT2D eigenvalue weighted by Crippen LogP contribution is -2.35. The summed E-state index contributed by atoms with van der Waals surface area (Å²) in [6, 6.07) is -0.692. The van der Waals surface area contributed by atoms with Crippen molar-refractivity contribution in [1.82, 2.24) is 0 Å². The van der Waals surface area contributed by atoms with Crippen molar-refractivity contribution in [3.05, 3.63) is 0 Å². The van der Waals surface area contributed by atoms with Crippen LogP contribution < -0.4 is 5.73 Å². The van der Waals surface area contributed by atoms with Gasteiger partial charge in [-0.15, -0.1) is 0 Å². The van der Waals surface area contributed by atoms with Crippen LogP contribution in [0.1, 0.15) is 52.4 Å². The van der Waals surface area contributed by atoms with Gasteiger partial charge in [0.15, 0.2) is 0 Å². The third-order valence-electron chi connectivity index (χ3n) is 2.52. The molecule has 4 nitrogen and oxygen atoms in total. The molecule has 0 saturated heterocycles. The van der Waals surface area contributed by atoms with Crippen LogP contribution in [-0.4, -0.2) is 29.8 Å². The summed E-state index contributed by atoms with van der Waals surface area (Å²) >= 11 is 0. The highest BCUT2D eigenvalue weighted by Gasteiger charge is 2.16. The molecule has 0 spiro atoms. The Morgan fingerprint density at radius 2 is 2.00 bits per heavy atom. The minimum absolute atomic E-state index is 0.0749. The van der Waals surface area contributed by atoms with Crippen molar-refractivity contribution < 1.29 is 14.6 Å². The number of rotatable bonds is 9. The number of esters is 1. The molecule has 16 heavy (non-hydrogen) atoms. The van der Waals surface area contributed by atoms with E-state index >= 15 is 0 Å². The lowest BCUT2D eigenvalue weighted by Gasteiger charge is -2.16. The lowest BCUT2D eigenvalue weighted by atomic mass is 10.1. The first-order valence-corrected chi connectivity index (χ1v) is 6.18. The number of hydrogen-bond acceptors (Lipinski definition) is 4. The van der Waals surface area contributed by atoms with Crippen molar-refractivity contribution in [3.63, 3.8) is 0 Å². The molecule has 0 aromatic heterocycles. The molecular weight excluding hydrogens is 206 g/mol. The lowest BCUT2D eigenvalue weighted by molar-refractivity contribution is -0.150. The Bertz CT molecular complexity index is 185. The number of hydrogen-bond donors (Lipinski definition) is 2. The smallest absolute Gasteiger partial charge is 0.323 e. The monoisotopic (exact) mass is 231 g/mol. The van der Waals surface area contributed by atoms with Gasteiger partial charge in [-0.05, 0) is 26.2 Å². The molecule has 4 heteroatoms. The SMILES string of the molecule is CCCCCCC(C)OC(=O)C(N)CCO. The van der Waals surface area contributed by atoms with Crippen molar-refractivity contribution in [1.29, 1.82) is 0 Å². The van der Waals surface area contributed by atoms with Gasteiger partial charge in [-0.3, -0.25) is 4.79 Å². The highest BCUT2D eigenvalue weighted by atomic mass is 16.5. The van der Waals surface area contributed by atoms with Crippen molar-refractivity contribution in [2.24, 2.45) is 5.73 Å². The van der Waals surface area contributed by atoms with E-state index in [1.54, 1.807) is 0 Å². The number of ether oxygens (including phenoxy) is 1. The highest BCUT2D eigenvalue weighted by Crippen LogP contribution is 2.08. The second-order valence-corrected chi connectivity index (χ2v) is 4.22. The van der Waals surface area contributed by atoms with Gasteiger partial charge in [0.25, 0.3) is 0 Å². The standard InChI is InChI=1S/C12H25NO3/c1-3-4-5-6-7-10(2)16-12(15)11(13)8-9-14/h10-11,14H,3-9,13H2,1-2H3. The Kier molecular flexibility index (Phi) is 9.24. The van der Waals surface area contributed by atoms with E-state index in [0.29, 0.717) is 0 Å². The molecule has 96 valence electrons. The van der Waals surface area contributed by atoms with Gasteiger partial charge in [-0.1, -0.05) is 26.2 Å². The quantitative estimate of drug-likeness (QED) is 0.467. The van der Waals surface area contributed by atoms with E-state index in [2.05, 4.69) is 6.92 Å². The van der Waals surface area contributed by atoms with Gasteiger partial charge in [0, 0.05) is 6.61 Å². The molecule has 0 aromatic rings. The number of carbonyl (C=O) groups is 1. The molecule has 0 aliphatic rings. The van der Waals surface area contributed by atoms with Crippen LogP contribution in [0.15, 0.2) is 0 Å². The zero-order chi connectivity index (χ0) is 12.4. The van der Waals surface area contributed by atoms with E-state index in [1.807, 2.05) is 6.92 Å². The molecule has 0 fully saturated rings. The molecule has 3 N–H and O–H groups in total. The van der Waals surface area contributed by atoms with Crippen molar-refractivity contribution >= 4 is 5.97 Å². The number of aliphatic hydroxyl groups is 1. The zero-order valence-corrected chi connectivity index (χ0v) is 10.4. The predicted octanol–water partition coefficient (Wildman–Crippen LogP) is 1.60. The topological polar surface area (TPSA) is 72.5 Å². The Labute approximate surface area is 98.2 Å². The van der Waals surface area contributed by atoms with Crippen LogP contribution >= 0.6 is 0 Å². The van der Waals surface area contributed by atoms with E-state index in [0.717, 1.165) is 12.8 Å². The van der Waals surface area contributed by atoms with Gasteiger partial charge in [-0.2, -0.15) is 0 Å². The molecule has 0 bridgehead atoms. The number of unbranched alkanes of at least 4 members (excludes halogenated alkanes) is 3.